The van der Waals surface area contributed by atoms with Crippen molar-refractivity contribution in [3.63, 3.8) is 0 Å². The first-order valence-corrected chi connectivity index (χ1v) is 11.5. The van der Waals surface area contributed by atoms with Crippen LogP contribution in [0, 0.1) is 17.8 Å². The molecule has 1 saturated carbocycles. The molecule has 3 fully saturated rings. The van der Waals surface area contributed by atoms with E-state index in [0.717, 1.165) is 25.7 Å². The molecule has 6 unspecified atom stereocenters. The highest BCUT2D eigenvalue weighted by Gasteiger charge is 2.64. The Morgan fingerprint density at radius 3 is 2.60 bits per heavy atom. The highest BCUT2D eigenvalue weighted by molar-refractivity contribution is 6.90. The first kappa shape index (κ1) is 23.9. The zero-order chi connectivity index (χ0) is 22.1. The van der Waals surface area contributed by atoms with E-state index in [0.29, 0.717) is 31.6 Å². The summed E-state index contributed by atoms with van der Waals surface area (Å²) >= 11 is 0. The van der Waals surface area contributed by atoms with Crippen LogP contribution in [0.5, 0.6) is 0 Å². The number of methoxy groups -OCH3 is 1. The summed E-state index contributed by atoms with van der Waals surface area (Å²) in [5.41, 5.74) is -0.706. The van der Waals surface area contributed by atoms with Crippen LogP contribution in [-0.2, 0) is 18.9 Å². The largest absolute Gasteiger partial charge is 0.443 e. The van der Waals surface area contributed by atoms with E-state index in [-0.39, 0.29) is 35.8 Å². The average molecular weight is 418 g/mol. The molecule has 0 N–H and O–H groups in total. The van der Waals surface area contributed by atoms with Gasteiger partial charge in [-0.3, -0.25) is 0 Å². The molecular weight excluding hydrogens is 380 g/mol. The molecule has 6 nitrogen and oxygen atoms in total. The van der Waals surface area contributed by atoms with Crippen LogP contribution < -0.4 is 0 Å². The molecule has 2 heterocycles. The zero-order valence-corrected chi connectivity index (χ0v) is 19.6. The van der Waals surface area contributed by atoms with Gasteiger partial charge in [-0.25, -0.2) is 4.79 Å². The van der Waals surface area contributed by atoms with Gasteiger partial charge in [-0.2, -0.15) is 0 Å². The van der Waals surface area contributed by atoms with E-state index < -0.39 is 5.60 Å². The number of rotatable bonds is 8. The van der Waals surface area contributed by atoms with Crippen molar-refractivity contribution in [3.05, 3.63) is 0 Å². The number of epoxide rings is 1. The van der Waals surface area contributed by atoms with E-state index >= 15 is 0 Å². The molecule has 8 heteroatoms. The van der Waals surface area contributed by atoms with E-state index in [4.69, 9.17) is 26.7 Å². The summed E-state index contributed by atoms with van der Waals surface area (Å²) in [5.74, 6) is 0.945. The Labute approximate surface area is 184 Å². The monoisotopic (exact) mass is 418 g/mol. The van der Waals surface area contributed by atoms with Gasteiger partial charge in [0.15, 0.2) is 0 Å². The van der Waals surface area contributed by atoms with Crippen molar-refractivity contribution in [1.82, 2.24) is 4.90 Å². The average Bonchev–Trinajstić information content (AvgIpc) is 3.29. The lowest BCUT2D eigenvalue weighted by Crippen LogP contribution is -2.59. The third kappa shape index (κ3) is 4.86. The van der Waals surface area contributed by atoms with Crippen molar-refractivity contribution in [3.8, 4) is 0 Å². The van der Waals surface area contributed by atoms with Crippen LogP contribution in [0.3, 0.4) is 0 Å². The minimum absolute atomic E-state index is 0.0173. The van der Waals surface area contributed by atoms with Crippen molar-refractivity contribution in [2.45, 2.75) is 89.7 Å². The number of nitrogens with zero attached hydrogens (tertiary/aromatic N) is 1. The van der Waals surface area contributed by atoms with Crippen LogP contribution in [0.15, 0.2) is 0 Å². The first-order valence-electron chi connectivity index (χ1n) is 11.5. The van der Waals surface area contributed by atoms with Gasteiger partial charge in [-0.05, 0) is 57.3 Å². The van der Waals surface area contributed by atoms with Gasteiger partial charge < -0.3 is 23.8 Å². The standard InChI is InChI=1S/C22H38B2NO5/c1-14(2)15(3)12-28-21(4,5)19-18(27-6)16(9-10-22(19)13-29-22)30-20(26)25-11-7-8-17(25)24-23/h14-19H,7-13H2,1-6H3. The molecule has 3 aliphatic rings. The van der Waals surface area contributed by atoms with E-state index in [1.807, 2.05) is 0 Å². The minimum atomic E-state index is -0.466. The fourth-order valence-corrected chi connectivity index (χ4v) is 5.12. The third-order valence-corrected chi connectivity index (χ3v) is 7.51. The van der Waals surface area contributed by atoms with Gasteiger partial charge >= 0.3 is 6.09 Å². The number of carbonyl (C=O) groups is 1. The highest BCUT2D eigenvalue weighted by atomic mass is 16.6. The maximum absolute atomic E-state index is 12.9. The van der Waals surface area contributed by atoms with Gasteiger partial charge in [0.05, 0.1) is 31.6 Å². The summed E-state index contributed by atoms with van der Waals surface area (Å²) in [6.45, 7) is 12.9. The number of ether oxygens (including phenoxy) is 4. The second kappa shape index (κ2) is 9.41. The molecule has 1 amide bonds. The van der Waals surface area contributed by atoms with Crippen LogP contribution >= 0.6 is 0 Å². The Balaban J connectivity index is 1.72. The molecule has 2 saturated heterocycles. The predicted octanol–water partition coefficient (Wildman–Crippen LogP) is 2.98. The maximum atomic E-state index is 12.9. The lowest BCUT2D eigenvalue weighted by molar-refractivity contribution is -0.181. The van der Waals surface area contributed by atoms with E-state index in [2.05, 4.69) is 34.6 Å². The topological polar surface area (TPSA) is 60.5 Å². The molecule has 0 aromatic carbocycles. The van der Waals surface area contributed by atoms with Crippen molar-refractivity contribution in [2.75, 3.05) is 26.9 Å². The Kier molecular flexibility index (Phi) is 7.51. The molecule has 3 rings (SSSR count). The molecule has 3 radical (unpaired) electrons. The molecule has 1 spiro atoms. The molecule has 2 aliphatic heterocycles. The van der Waals surface area contributed by atoms with E-state index in [9.17, 15) is 4.79 Å². The maximum Gasteiger partial charge on any atom is 0.409 e. The van der Waals surface area contributed by atoms with Gasteiger partial charge in [-0.15, -0.1) is 0 Å². The van der Waals surface area contributed by atoms with Crippen LogP contribution in [0.2, 0.25) is 0 Å². The fraction of sp³-hybridized carbons (Fsp3) is 0.955. The molecule has 167 valence electrons. The molecule has 0 aromatic rings. The quantitative estimate of drug-likeness (QED) is 0.448. The lowest BCUT2D eigenvalue weighted by Gasteiger charge is -2.48. The molecule has 6 atom stereocenters. The molecule has 30 heavy (non-hydrogen) atoms. The minimum Gasteiger partial charge on any atom is -0.443 e. The van der Waals surface area contributed by atoms with Crippen LogP contribution in [0.1, 0.15) is 60.3 Å². The smallest absolute Gasteiger partial charge is 0.409 e. The highest BCUT2D eigenvalue weighted by Crippen LogP contribution is 2.53. The summed E-state index contributed by atoms with van der Waals surface area (Å²) in [5, 5.41) is 0. The Morgan fingerprint density at radius 1 is 1.33 bits per heavy atom. The number of likely N-dealkylation sites (tertiary alicyclic amines) is 1. The number of carbonyl (C=O) groups excluding carboxylic acids is 1. The van der Waals surface area contributed by atoms with Crippen LogP contribution in [-0.4, -0.2) is 82.1 Å². The Hall–Kier alpha value is -0.720. The molecule has 0 aromatic heterocycles. The van der Waals surface area contributed by atoms with Crippen molar-refractivity contribution >= 4 is 21.0 Å². The fourth-order valence-electron chi connectivity index (χ4n) is 5.12. The summed E-state index contributed by atoms with van der Waals surface area (Å²) in [4.78, 5) is 14.6. The van der Waals surface area contributed by atoms with Crippen molar-refractivity contribution in [1.29, 1.82) is 0 Å². The number of hydrogen-bond donors (Lipinski definition) is 0. The Bertz CT molecular complexity index is 598. The van der Waals surface area contributed by atoms with Gasteiger partial charge in [-0.1, -0.05) is 20.8 Å². The van der Waals surface area contributed by atoms with Gasteiger partial charge in [0.25, 0.3) is 0 Å². The number of amides is 1. The first-order chi connectivity index (χ1) is 14.1. The Morgan fingerprint density at radius 2 is 2.03 bits per heavy atom. The normalized spacial score (nSPS) is 35.0. The zero-order valence-electron chi connectivity index (χ0n) is 19.6. The summed E-state index contributed by atoms with van der Waals surface area (Å²) in [7, 11) is 9.00. The third-order valence-electron chi connectivity index (χ3n) is 7.51. The summed E-state index contributed by atoms with van der Waals surface area (Å²) in [6.07, 6.45) is 2.49. The summed E-state index contributed by atoms with van der Waals surface area (Å²) < 4.78 is 24.4. The second-order valence-electron chi connectivity index (χ2n) is 10.2. The van der Waals surface area contributed by atoms with Gasteiger partial charge in [0, 0.05) is 27.3 Å². The number of hydrogen-bond acceptors (Lipinski definition) is 5. The van der Waals surface area contributed by atoms with Crippen LogP contribution in [0.25, 0.3) is 0 Å². The van der Waals surface area contributed by atoms with E-state index in [1.54, 1.807) is 19.2 Å². The molecule has 0 bridgehead atoms. The SMILES string of the molecule is [B][B]C1CCCN1C(=O)OC1CCC2(CO2)C(C(C)(C)OCC(C)C(C)C)C1OC. The van der Waals surface area contributed by atoms with Crippen LogP contribution in [0.4, 0.5) is 4.79 Å². The molecule has 1 aliphatic carbocycles. The predicted molar refractivity (Wildman–Crippen MR) is 118 cm³/mol. The van der Waals surface area contributed by atoms with E-state index in [1.165, 1.54) is 0 Å². The summed E-state index contributed by atoms with van der Waals surface area (Å²) in [6, 6.07) is 0. The second-order valence-corrected chi connectivity index (χ2v) is 10.2. The van der Waals surface area contributed by atoms with Crippen molar-refractivity contribution < 1.29 is 23.7 Å². The molecular formula is C22H38B2NO5. The van der Waals surface area contributed by atoms with Gasteiger partial charge in [0.2, 0.25) is 0 Å². The van der Waals surface area contributed by atoms with Gasteiger partial charge in [0.1, 0.15) is 12.2 Å². The van der Waals surface area contributed by atoms with Crippen molar-refractivity contribution in [2.24, 2.45) is 17.8 Å². The lowest BCUT2D eigenvalue weighted by atomic mass is 9.50.